The third kappa shape index (κ3) is 3.62. The molecule has 5 heteroatoms. The molecule has 0 bridgehead atoms. The summed E-state index contributed by atoms with van der Waals surface area (Å²) in [6, 6.07) is 2.64. The van der Waals surface area contributed by atoms with Gasteiger partial charge in [-0.15, -0.1) is 0 Å². The number of nitrogens with one attached hydrogen (secondary N) is 1. The maximum absolute atomic E-state index is 12.4. The molecule has 3 atom stereocenters. The predicted molar refractivity (Wildman–Crippen MR) is 91.3 cm³/mol. The third-order valence-electron chi connectivity index (χ3n) is 5.66. The van der Waals surface area contributed by atoms with Crippen LogP contribution < -0.4 is 5.32 Å². The summed E-state index contributed by atoms with van der Waals surface area (Å²) in [6.45, 7) is 3.82. The molecular weight excluding hydrogens is 308 g/mol. The fraction of sp³-hybridized carbons (Fsp3) is 0.722. The zero-order valence-electron chi connectivity index (χ0n) is 13.6. The highest BCUT2D eigenvalue weighted by atomic mass is 32.1. The van der Waals surface area contributed by atoms with Crippen LogP contribution in [0, 0.1) is 11.8 Å². The Bertz CT molecular complexity index is 529. The molecule has 23 heavy (non-hydrogen) atoms. The molecule has 1 N–H and O–H groups in total. The van der Waals surface area contributed by atoms with Crippen molar-refractivity contribution in [2.75, 3.05) is 19.7 Å². The van der Waals surface area contributed by atoms with E-state index in [0.717, 1.165) is 45.3 Å². The van der Waals surface area contributed by atoms with Gasteiger partial charge in [-0.05, 0) is 60.4 Å². The Hall–Kier alpha value is -0.910. The van der Waals surface area contributed by atoms with Gasteiger partial charge in [-0.1, -0.05) is 0 Å². The smallest absolute Gasteiger partial charge is 0.225 e. The number of rotatable bonds is 4. The van der Waals surface area contributed by atoms with E-state index in [1.54, 1.807) is 11.3 Å². The molecule has 1 amide bonds. The molecule has 1 saturated carbocycles. The van der Waals surface area contributed by atoms with Gasteiger partial charge >= 0.3 is 0 Å². The van der Waals surface area contributed by atoms with Crippen LogP contribution >= 0.6 is 11.3 Å². The minimum absolute atomic E-state index is 0.0537. The van der Waals surface area contributed by atoms with Crippen molar-refractivity contribution in [2.45, 2.75) is 50.8 Å². The van der Waals surface area contributed by atoms with Crippen LogP contribution in [0.3, 0.4) is 0 Å². The molecule has 3 aliphatic rings. The zero-order chi connectivity index (χ0) is 15.6. The van der Waals surface area contributed by atoms with E-state index in [9.17, 15) is 4.79 Å². The normalized spacial score (nSPS) is 32.1. The van der Waals surface area contributed by atoms with E-state index in [-0.39, 0.29) is 11.8 Å². The summed E-state index contributed by atoms with van der Waals surface area (Å²) in [7, 11) is 0. The molecule has 1 aromatic rings. The molecule has 3 heterocycles. The van der Waals surface area contributed by atoms with Crippen LogP contribution in [0.1, 0.15) is 37.7 Å². The molecule has 3 fully saturated rings. The molecule has 0 unspecified atom stereocenters. The number of piperidine rings is 1. The minimum Gasteiger partial charge on any atom is -0.377 e. The van der Waals surface area contributed by atoms with Gasteiger partial charge in [0.25, 0.3) is 0 Å². The van der Waals surface area contributed by atoms with Crippen molar-refractivity contribution in [1.29, 1.82) is 0 Å². The Morgan fingerprint density at radius 2 is 2.30 bits per heavy atom. The van der Waals surface area contributed by atoms with Crippen molar-refractivity contribution in [3.63, 3.8) is 0 Å². The van der Waals surface area contributed by atoms with Crippen LogP contribution in [0.4, 0.5) is 0 Å². The average molecular weight is 334 g/mol. The predicted octanol–water partition coefficient (Wildman–Crippen LogP) is 2.64. The Morgan fingerprint density at radius 3 is 3.04 bits per heavy atom. The first-order chi connectivity index (χ1) is 11.3. The number of nitrogens with zero attached hydrogens (tertiary/aromatic N) is 1. The zero-order valence-corrected chi connectivity index (χ0v) is 14.4. The number of carbonyl (C=O) groups excluding carboxylic acids is 1. The standard InChI is InChI=1S/C18H26N2O2S/c21-18(19-16-2-1-3-16)15-8-14-10-20(6-4-17(14)22-11-15)9-13-5-7-23-12-13/h5,7,12,14-17H,1-4,6,8-11H2,(H,19,21)/t14-,15-,17+/m0/s1. The molecule has 2 aliphatic heterocycles. The first-order valence-corrected chi connectivity index (χ1v) is 9.87. The number of hydrogen-bond acceptors (Lipinski definition) is 4. The van der Waals surface area contributed by atoms with Gasteiger partial charge in [-0.25, -0.2) is 0 Å². The molecule has 1 aliphatic carbocycles. The SMILES string of the molecule is O=C(NC1CCC1)[C@@H]1CO[C@@H]2CCN(Cc3ccsc3)C[C@@H]2C1. The quantitative estimate of drug-likeness (QED) is 0.920. The molecular formula is C18H26N2O2S. The lowest BCUT2D eigenvalue weighted by Crippen LogP contribution is -2.51. The Morgan fingerprint density at radius 1 is 1.39 bits per heavy atom. The number of likely N-dealkylation sites (tertiary alicyclic amines) is 1. The van der Waals surface area contributed by atoms with Gasteiger partial charge in [0, 0.05) is 25.7 Å². The second-order valence-electron chi connectivity index (χ2n) is 7.36. The molecule has 4 nitrogen and oxygen atoms in total. The highest BCUT2D eigenvalue weighted by molar-refractivity contribution is 7.07. The van der Waals surface area contributed by atoms with E-state index in [0.29, 0.717) is 24.7 Å². The second kappa shape index (κ2) is 6.91. The lowest BCUT2D eigenvalue weighted by atomic mass is 9.82. The Balaban J connectivity index is 1.31. The summed E-state index contributed by atoms with van der Waals surface area (Å²) in [5.74, 6) is 0.786. The van der Waals surface area contributed by atoms with Crippen LogP contribution in [0.5, 0.6) is 0 Å². The lowest BCUT2D eigenvalue weighted by Gasteiger charge is -2.43. The minimum atomic E-state index is 0.0537. The van der Waals surface area contributed by atoms with Crippen LogP contribution in [0.25, 0.3) is 0 Å². The molecule has 0 spiro atoms. The average Bonchev–Trinajstić information content (AvgIpc) is 3.03. The Labute approximate surface area is 142 Å². The first-order valence-electron chi connectivity index (χ1n) is 8.93. The van der Waals surface area contributed by atoms with Crippen LogP contribution in [0.2, 0.25) is 0 Å². The number of amides is 1. The highest BCUT2D eigenvalue weighted by Crippen LogP contribution is 2.32. The maximum atomic E-state index is 12.4. The summed E-state index contributed by atoms with van der Waals surface area (Å²) < 4.78 is 6.05. The van der Waals surface area contributed by atoms with Crippen LogP contribution in [-0.2, 0) is 16.1 Å². The highest BCUT2D eigenvalue weighted by Gasteiger charge is 2.38. The Kier molecular flexibility index (Phi) is 4.69. The fourth-order valence-electron chi connectivity index (χ4n) is 4.04. The van der Waals surface area contributed by atoms with E-state index in [4.69, 9.17) is 4.74 Å². The third-order valence-corrected chi connectivity index (χ3v) is 6.39. The van der Waals surface area contributed by atoms with Crippen molar-refractivity contribution >= 4 is 17.2 Å². The molecule has 4 rings (SSSR count). The van der Waals surface area contributed by atoms with Gasteiger partial charge in [-0.3, -0.25) is 9.69 Å². The molecule has 1 aromatic heterocycles. The van der Waals surface area contributed by atoms with E-state index < -0.39 is 0 Å². The van der Waals surface area contributed by atoms with Crippen LogP contribution in [-0.4, -0.2) is 42.6 Å². The van der Waals surface area contributed by atoms with Crippen molar-refractivity contribution in [2.24, 2.45) is 11.8 Å². The van der Waals surface area contributed by atoms with E-state index >= 15 is 0 Å². The van der Waals surface area contributed by atoms with Crippen molar-refractivity contribution in [3.8, 4) is 0 Å². The second-order valence-corrected chi connectivity index (χ2v) is 8.14. The summed E-state index contributed by atoms with van der Waals surface area (Å²) in [6.07, 6.45) is 6.02. The van der Waals surface area contributed by atoms with Crippen LogP contribution in [0.15, 0.2) is 16.8 Å². The van der Waals surface area contributed by atoms with Gasteiger partial charge in [0.2, 0.25) is 5.91 Å². The van der Waals surface area contributed by atoms with E-state index in [1.807, 2.05) is 0 Å². The van der Waals surface area contributed by atoms with Gasteiger partial charge in [-0.2, -0.15) is 11.3 Å². The van der Waals surface area contributed by atoms with Crippen molar-refractivity contribution in [3.05, 3.63) is 22.4 Å². The number of hydrogen-bond donors (Lipinski definition) is 1. The summed E-state index contributed by atoms with van der Waals surface area (Å²) >= 11 is 1.76. The van der Waals surface area contributed by atoms with Crippen molar-refractivity contribution in [1.82, 2.24) is 10.2 Å². The van der Waals surface area contributed by atoms with E-state index in [2.05, 4.69) is 27.0 Å². The van der Waals surface area contributed by atoms with Gasteiger partial charge in [0.05, 0.1) is 18.6 Å². The number of fused-ring (bicyclic) bond motifs is 1. The summed E-state index contributed by atoms with van der Waals surface area (Å²) in [5.41, 5.74) is 1.41. The monoisotopic (exact) mass is 334 g/mol. The summed E-state index contributed by atoms with van der Waals surface area (Å²) in [4.78, 5) is 14.9. The number of ether oxygens (including phenoxy) is 1. The molecule has 0 aromatic carbocycles. The fourth-order valence-corrected chi connectivity index (χ4v) is 4.70. The maximum Gasteiger partial charge on any atom is 0.225 e. The lowest BCUT2D eigenvalue weighted by molar-refractivity contribution is -0.140. The van der Waals surface area contributed by atoms with Gasteiger partial charge in [0.1, 0.15) is 0 Å². The number of thiophene rings is 1. The largest absolute Gasteiger partial charge is 0.377 e. The molecule has 126 valence electrons. The summed E-state index contributed by atoms with van der Waals surface area (Å²) in [5, 5.41) is 7.58. The topological polar surface area (TPSA) is 41.6 Å². The van der Waals surface area contributed by atoms with Gasteiger partial charge < -0.3 is 10.1 Å². The van der Waals surface area contributed by atoms with Crippen molar-refractivity contribution < 1.29 is 9.53 Å². The molecule has 2 saturated heterocycles. The van der Waals surface area contributed by atoms with E-state index in [1.165, 1.54) is 12.0 Å². The van der Waals surface area contributed by atoms with Gasteiger partial charge in [0.15, 0.2) is 0 Å². The number of carbonyl (C=O) groups is 1. The first kappa shape index (κ1) is 15.6. The molecule has 0 radical (unpaired) electrons.